The molecule has 1 atom stereocenters. The van der Waals surface area contributed by atoms with Gasteiger partial charge < -0.3 is 10.0 Å². The first-order chi connectivity index (χ1) is 8.74. The quantitative estimate of drug-likeness (QED) is 0.846. The molecule has 1 unspecified atom stereocenters. The van der Waals surface area contributed by atoms with Crippen molar-refractivity contribution < 1.29 is 5.11 Å². The van der Waals surface area contributed by atoms with Gasteiger partial charge in [-0.15, -0.1) is 0 Å². The molecular weight excluding hydrogens is 226 g/mol. The predicted molar refractivity (Wildman–Crippen MR) is 71.5 cm³/mol. The normalized spacial score (nSPS) is 21.4. The highest BCUT2D eigenvalue weighted by molar-refractivity contribution is 5.51. The summed E-state index contributed by atoms with van der Waals surface area (Å²) >= 11 is 0. The van der Waals surface area contributed by atoms with Crippen LogP contribution in [0.3, 0.4) is 0 Å². The molecule has 1 aromatic carbocycles. The minimum absolute atomic E-state index is 0.165. The molecule has 0 spiro atoms. The number of likely N-dealkylation sites (N-methyl/N-ethyl adjacent to an activating group) is 1. The number of benzene rings is 1. The molecule has 0 bridgehead atoms. The number of aliphatic hydroxyl groups excluding tert-OH is 1. The van der Waals surface area contributed by atoms with Gasteiger partial charge in [-0.2, -0.15) is 5.26 Å². The molecule has 0 aromatic heterocycles. The van der Waals surface area contributed by atoms with Crippen LogP contribution >= 0.6 is 0 Å². The smallest absolute Gasteiger partial charge is 0.0992 e. The summed E-state index contributed by atoms with van der Waals surface area (Å²) in [4.78, 5) is 4.46. The van der Waals surface area contributed by atoms with Gasteiger partial charge in [-0.1, -0.05) is 6.07 Å². The standard InChI is InChI=1S/C14H19N3O/c1-16-6-3-7-17(10-14(16)11-18)13-5-2-4-12(8-13)9-15/h2,4-5,8,14,18H,3,6-7,10-11H2,1H3. The van der Waals surface area contributed by atoms with Crippen molar-refractivity contribution in [2.75, 3.05) is 38.2 Å². The van der Waals surface area contributed by atoms with Gasteiger partial charge in [-0.3, -0.25) is 4.90 Å². The molecule has 1 aliphatic heterocycles. The molecule has 1 N–H and O–H groups in total. The van der Waals surface area contributed by atoms with E-state index in [4.69, 9.17) is 5.26 Å². The first-order valence-corrected chi connectivity index (χ1v) is 6.31. The van der Waals surface area contributed by atoms with Gasteiger partial charge in [-0.05, 0) is 38.2 Å². The Balaban J connectivity index is 2.18. The summed E-state index contributed by atoms with van der Waals surface area (Å²) in [5.41, 5.74) is 1.76. The van der Waals surface area contributed by atoms with Gasteiger partial charge in [0.1, 0.15) is 0 Å². The van der Waals surface area contributed by atoms with E-state index in [9.17, 15) is 5.11 Å². The molecule has 18 heavy (non-hydrogen) atoms. The molecule has 1 aromatic rings. The summed E-state index contributed by atoms with van der Waals surface area (Å²) in [6.07, 6.45) is 1.07. The maximum atomic E-state index is 9.43. The number of hydrogen-bond donors (Lipinski definition) is 1. The Kier molecular flexibility index (Phi) is 4.19. The summed E-state index contributed by atoms with van der Waals surface area (Å²) in [5.74, 6) is 0. The summed E-state index contributed by atoms with van der Waals surface area (Å²) in [6, 6.07) is 10.0. The van der Waals surface area contributed by atoms with E-state index in [0.717, 1.165) is 31.7 Å². The van der Waals surface area contributed by atoms with E-state index < -0.39 is 0 Å². The van der Waals surface area contributed by atoms with E-state index in [1.165, 1.54) is 0 Å². The molecule has 2 rings (SSSR count). The Morgan fingerprint density at radius 2 is 2.28 bits per heavy atom. The summed E-state index contributed by atoms with van der Waals surface area (Å²) in [7, 11) is 2.05. The average Bonchev–Trinajstić information content (AvgIpc) is 2.60. The van der Waals surface area contributed by atoms with Crippen LogP contribution in [0.4, 0.5) is 5.69 Å². The number of aliphatic hydroxyl groups is 1. The van der Waals surface area contributed by atoms with Gasteiger partial charge in [-0.25, -0.2) is 0 Å². The number of nitrogens with zero attached hydrogens (tertiary/aromatic N) is 3. The van der Waals surface area contributed by atoms with E-state index in [0.29, 0.717) is 5.56 Å². The SMILES string of the molecule is CN1CCCN(c2cccc(C#N)c2)CC1CO. The number of anilines is 1. The Bertz CT molecular complexity index is 441. The molecule has 1 fully saturated rings. The summed E-state index contributed by atoms with van der Waals surface area (Å²) in [5, 5.41) is 18.4. The monoisotopic (exact) mass is 245 g/mol. The molecule has 1 saturated heterocycles. The van der Waals surface area contributed by atoms with Crippen molar-refractivity contribution >= 4 is 5.69 Å². The van der Waals surface area contributed by atoms with Crippen molar-refractivity contribution in [1.82, 2.24) is 4.90 Å². The van der Waals surface area contributed by atoms with Crippen molar-refractivity contribution in [3.63, 3.8) is 0 Å². The number of hydrogen-bond acceptors (Lipinski definition) is 4. The van der Waals surface area contributed by atoms with Crippen molar-refractivity contribution in [1.29, 1.82) is 5.26 Å². The lowest BCUT2D eigenvalue weighted by atomic mass is 10.2. The van der Waals surface area contributed by atoms with Gasteiger partial charge in [0.25, 0.3) is 0 Å². The van der Waals surface area contributed by atoms with Crippen LogP contribution in [-0.2, 0) is 0 Å². The van der Waals surface area contributed by atoms with Crippen LogP contribution < -0.4 is 4.90 Å². The zero-order chi connectivity index (χ0) is 13.0. The second kappa shape index (κ2) is 5.85. The third-order valence-corrected chi connectivity index (χ3v) is 3.54. The van der Waals surface area contributed by atoms with Gasteiger partial charge in [0, 0.05) is 24.8 Å². The van der Waals surface area contributed by atoms with Crippen LogP contribution in [0, 0.1) is 11.3 Å². The van der Waals surface area contributed by atoms with Crippen LogP contribution in [0.5, 0.6) is 0 Å². The lowest BCUT2D eigenvalue weighted by Crippen LogP contribution is -2.41. The second-order valence-electron chi connectivity index (χ2n) is 4.78. The fourth-order valence-electron chi connectivity index (χ4n) is 2.38. The Hall–Kier alpha value is -1.57. The van der Waals surface area contributed by atoms with Crippen molar-refractivity contribution in [2.24, 2.45) is 0 Å². The predicted octanol–water partition coefficient (Wildman–Crippen LogP) is 1.06. The number of nitriles is 1. The van der Waals surface area contributed by atoms with Crippen LogP contribution in [0.1, 0.15) is 12.0 Å². The molecular formula is C14H19N3O. The molecule has 96 valence electrons. The molecule has 0 radical (unpaired) electrons. The first-order valence-electron chi connectivity index (χ1n) is 6.31. The highest BCUT2D eigenvalue weighted by Crippen LogP contribution is 2.19. The van der Waals surface area contributed by atoms with Gasteiger partial charge in [0.05, 0.1) is 18.2 Å². The highest BCUT2D eigenvalue weighted by Gasteiger charge is 2.21. The van der Waals surface area contributed by atoms with Crippen molar-refractivity contribution in [2.45, 2.75) is 12.5 Å². The molecule has 0 saturated carbocycles. The van der Waals surface area contributed by atoms with Crippen LogP contribution in [0.25, 0.3) is 0 Å². The van der Waals surface area contributed by atoms with E-state index in [2.05, 4.69) is 22.9 Å². The van der Waals surface area contributed by atoms with Crippen LogP contribution in [0.2, 0.25) is 0 Å². The van der Waals surface area contributed by atoms with E-state index in [1.807, 2.05) is 24.3 Å². The molecule has 1 aliphatic rings. The average molecular weight is 245 g/mol. The molecule has 0 amide bonds. The maximum Gasteiger partial charge on any atom is 0.0992 e. The van der Waals surface area contributed by atoms with Crippen LogP contribution in [0.15, 0.2) is 24.3 Å². The fraction of sp³-hybridized carbons (Fsp3) is 0.500. The second-order valence-corrected chi connectivity index (χ2v) is 4.78. The molecule has 4 heteroatoms. The lowest BCUT2D eigenvalue weighted by molar-refractivity contribution is 0.159. The van der Waals surface area contributed by atoms with Gasteiger partial charge in [0.15, 0.2) is 0 Å². The fourth-order valence-corrected chi connectivity index (χ4v) is 2.38. The van der Waals surface area contributed by atoms with Gasteiger partial charge >= 0.3 is 0 Å². The summed E-state index contributed by atoms with van der Waals surface area (Å²) in [6.45, 7) is 2.95. The Morgan fingerprint density at radius 3 is 3.00 bits per heavy atom. The topological polar surface area (TPSA) is 50.5 Å². The lowest BCUT2D eigenvalue weighted by Gasteiger charge is -2.28. The van der Waals surface area contributed by atoms with E-state index in [1.54, 1.807) is 0 Å². The largest absolute Gasteiger partial charge is 0.395 e. The Labute approximate surface area is 108 Å². The van der Waals surface area contributed by atoms with E-state index in [-0.39, 0.29) is 12.6 Å². The summed E-state index contributed by atoms with van der Waals surface area (Å²) < 4.78 is 0. The maximum absolute atomic E-state index is 9.43. The van der Waals surface area contributed by atoms with Crippen LogP contribution in [-0.4, -0.2) is 49.3 Å². The van der Waals surface area contributed by atoms with Gasteiger partial charge in [0.2, 0.25) is 0 Å². The Morgan fingerprint density at radius 1 is 1.44 bits per heavy atom. The minimum Gasteiger partial charge on any atom is -0.395 e. The van der Waals surface area contributed by atoms with Crippen molar-refractivity contribution in [3.8, 4) is 6.07 Å². The highest BCUT2D eigenvalue weighted by atomic mass is 16.3. The minimum atomic E-state index is 0.165. The zero-order valence-electron chi connectivity index (χ0n) is 10.7. The number of rotatable bonds is 2. The van der Waals surface area contributed by atoms with E-state index >= 15 is 0 Å². The molecule has 4 nitrogen and oxygen atoms in total. The molecule has 0 aliphatic carbocycles. The third-order valence-electron chi connectivity index (χ3n) is 3.54. The molecule has 1 heterocycles. The zero-order valence-corrected chi connectivity index (χ0v) is 10.7. The third kappa shape index (κ3) is 2.81. The van der Waals surface area contributed by atoms with Crippen molar-refractivity contribution in [3.05, 3.63) is 29.8 Å². The first kappa shape index (κ1) is 12.9.